The normalized spacial score (nSPS) is 10.6. The molecule has 0 radical (unpaired) electrons. The largest absolute Gasteiger partial charge is 0.507 e. The van der Waals surface area contributed by atoms with Crippen molar-refractivity contribution in [3.8, 4) is 5.75 Å². The maximum absolute atomic E-state index is 12.3. The van der Waals surface area contributed by atoms with Gasteiger partial charge in [0, 0.05) is 11.3 Å². The fourth-order valence-electron chi connectivity index (χ4n) is 1.10. The molecule has 0 unspecified atom stereocenters. The molecule has 1 rings (SSSR count). The third-order valence-electron chi connectivity index (χ3n) is 1.81. The number of hydrogen-bond acceptors (Lipinski definition) is 3. The van der Waals surface area contributed by atoms with E-state index in [0.29, 0.717) is 0 Å². The second kappa shape index (κ2) is 3.61. The van der Waals surface area contributed by atoms with Crippen molar-refractivity contribution in [3.05, 3.63) is 23.3 Å². The molecular weight excluding hydrogens is 192 g/mol. The van der Waals surface area contributed by atoms with Crippen molar-refractivity contribution in [3.63, 3.8) is 0 Å². The Morgan fingerprint density at radius 3 is 2.43 bits per heavy atom. The van der Waals surface area contributed by atoms with E-state index in [1.165, 1.54) is 6.92 Å². The van der Waals surface area contributed by atoms with E-state index in [1.54, 1.807) is 0 Å². The van der Waals surface area contributed by atoms with E-state index in [2.05, 4.69) is 0 Å². The van der Waals surface area contributed by atoms with Gasteiger partial charge in [0.05, 0.1) is 5.56 Å². The van der Waals surface area contributed by atoms with E-state index in [0.717, 1.165) is 12.1 Å². The summed E-state index contributed by atoms with van der Waals surface area (Å²) in [6, 6.07) is 2.11. The van der Waals surface area contributed by atoms with Gasteiger partial charge in [-0.25, -0.2) is 8.78 Å². The number of alkyl halides is 2. The molecule has 1 aromatic rings. The summed E-state index contributed by atoms with van der Waals surface area (Å²) in [5, 5.41) is 9.18. The first-order valence-corrected chi connectivity index (χ1v) is 3.85. The highest BCUT2D eigenvalue weighted by atomic mass is 19.3. The number of benzene rings is 1. The lowest BCUT2D eigenvalue weighted by Gasteiger charge is -2.08. The monoisotopic (exact) mass is 201 g/mol. The zero-order valence-corrected chi connectivity index (χ0v) is 7.42. The number of aromatic hydroxyl groups is 1. The molecule has 0 aliphatic rings. The molecule has 0 atom stereocenters. The molecule has 1 aromatic carbocycles. The molecular formula is C9H9F2NO2. The molecule has 0 fully saturated rings. The predicted molar refractivity (Wildman–Crippen MR) is 47.5 cm³/mol. The van der Waals surface area contributed by atoms with Crippen molar-refractivity contribution in [1.82, 2.24) is 0 Å². The number of phenols is 1. The lowest BCUT2D eigenvalue weighted by Crippen LogP contribution is -2.00. The summed E-state index contributed by atoms with van der Waals surface area (Å²) in [4.78, 5) is 10.9. The number of hydrogen-bond donors (Lipinski definition) is 2. The molecule has 0 amide bonds. The summed E-state index contributed by atoms with van der Waals surface area (Å²) in [6.45, 7) is 1.26. The second-order valence-electron chi connectivity index (χ2n) is 2.86. The highest BCUT2D eigenvalue weighted by Gasteiger charge is 2.18. The third kappa shape index (κ3) is 1.81. The molecule has 3 N–H and O–H groups in total. The minimum atomic E-state index is -2.85. The molecule has 76 valence electrons. The highest BCUT2D eigenvalue weighted by Crippen LogP contribution is 2.34. The van der Waals surface area contributed by atoms with Gasteiger partial charge in [-0.05, 0) is 19.1 Å². The number of Topliss-reactive ketones (excluding diaryl/α,β-unsaturated/α-hetero) is 1. The molecule has 0 bridgehead atoms. The van der Waals surface area contributed by atoms with Crippen LogP contribution in [-0.2, 0) is 0 Å². The van der Waals surface area contributed by atoms with Gasteiger partial charge in [-0.1, -0.05) is 0 Å². The fraction of sp³-hybridized carbons (Fsp3) is 0.222. The Labute approximate surface area is 79.2 Å². The quantitative estimate of drug-likeness (QED) is 0.569. The minimum absolute atomic E-state index is 0.115. The molecule has 0 aliphatic heterocycles. The Balaban J connectivity index is 3.32. The Kier molecular flexibility index (Phi) is 2.69. The summed E-state index contributed by atoms with van der Waals surface area (Å²) in [6.07, 6.45) is -2.85. The smallest absolute Gasteiger partial charge is 0.269 e. The molecule has 0 heterocycles. The fourth-order valence-corrected chi connectivity index (χ4v) is 1.10. The van der Waals surface area contributed by atoms with Crippen LogP contribution in [0.2, 0.25) is 0 Å². The van der Waals surface area contributed by atoms with E-state index in [9.17, 15) is 18.7 Å². The van der Waals surface area contributed by atoms with Crippen LogP contribution in [0.25, 0.3) is 0 Å². The number of nitrogen functional groups attached to an aromatic ring is 1. The molecule has 0 aromatic heterocycles. The number of nitrogens with two attached hydrogens (primary N) is 1. The summed E-state index contributed by atoms with van der Waals surface area (Å²) < 4.78 is 24.6. The van der Waals surface area contributed by atoms with E-state index < -0.39 is 17.7 Å². The minimum Gasteiger partial charge on any atom is -0.507 e. The van der Waals surface area contributed by atoms with Crippen LogP contribution in [0.15, 0.2) is 12.1 Å². The van der Waals surface area contributed by atoms with Gasteiger partial charge in [-0.15, -0.1) is 0 Å². The van der Waals surface area contributed by atoms with E-state index >= 15 is 0 Å². The number of rotatable bonds is 2. The predicted octanol–water partition coefficient (Wildman–Crippen LogP) is 2.11. The van der Waals surface area contributed by atoms with Crippen molar-refractivity contribution in [1.29, 1.82) is 0 Å². The summed E-state index contributed by atoms with van der Waals surface area (Å²) in [5.74, 6) is -0.988. The van der Waals surface area contributed by atoms with Gasteiger partial charge < -0.3 is 10.8 Å². The van der Waals surface area contributed by atoms with Crippen LogP contribution < -0.4 is 5.73 Å². The molecule has 0 saturated carbocycles. The van der Waals surface area contributed by atoms with Crippen LogP contribution in [0.3, 0.4) is 0 Å². The second-order valence-corrected chi connectivity index (χ2v) is 2.86. The average molecular weight is 201 g/mol. The summed E-state index contributed by atoms with van der Waals surface area (Å²) >= 11 is 0. The van der Waals surface area contributed by atoms with Gasteiger partial charge in [-0.2, -0.15) is 0 Å². The van der Waals surface area contributed by atoms with E-state index in [1.807, 2.05) is 0 Å². The third-order valence-corrected chi connectivity index (χ3v) is 1.81. The number of carbonyl (C=O) groups is 1. The number of anilines is 1. The lowest BCUT2D eigenvalue weighted by atomic mass is 10.1. The number of phenolic OH excluding ortho intramolecular Hbond substituents is 1. The number of halogens is 2. The van der Waals surface area contributed by atoms with Gasteiger partial charge >= 0.3 is 0 Å². The maximum atomic E-state index is 12.3. The summed E-state index contributed by atoms with van der Waals surface area (Å²) in [7, 11) is 0. The van der Waals surface area contributed by atoms with Gasteiger partial charge in [0.15, 0.2) is 5.78 Å². The molecule has 5 heteroatoms. The standard InChI is InChI=1S/C9H9F2NO2/c1-4(13)5-2-6(12)8(9(10)11)7(14)3-5/h2-3,9,14H,12H2,1H3. The van der Waals surface area contributed by atoms with Crippen LogP contribution in [0.5, 0.6) is 5.75 Å². The van der Waals surface area contributed by atoms with Crippen molar-refractivity contribution in [2.24, 2.45) is 0 Å². The summed E-state index contributed by atoms with van der Waals surface area (Å²) in [5.41, 5.74) is 4.48. The van der Waals surface area contributed by atoms with E-state index in [4.69, 9.17) is 5.73 Å². The molecule has 3 nitrogen and oxygen atoms in total. The number of carbonyl (C=O) groups excluding carboxylic acids is 1. The van der Waals surface area contributed by atoms with Crippen LogP contribution in [0, 0.1) is 0 Å². The topological polar surface area (TPSA) is 63.3 Å². The SMILES string of the molecule is CC(=O)c1cc(N)c(C(F)F)c(O)c1. The van der Waals surface area contributed by atoms with Crippen molar-refractivity contribution in [2.75, 3.05) is 5.73 Å². The molecule has 0 spiro atoms. The van der Waals surface area contributed by atoms with E-state index in [-0.39, 0.29) is 17.0 Å². The van der Waals surface area contributed by atoms with Crippen LogP contribution >= 0.6 is 0 Å². The number of ketones is 1. The highest BCUT2D eigenvalue weighted by molar-refractivity contribution is 5.95. The zero-order chi connectivity index (χ0) is 10.9. The Morgan fingerprint density at radius 2 is 2.07 bits per heavy atom. The maximum Gasteiger partial charge on any atom is 0.269 e. The van der Waals surface area contributed by atoms with Crippen LogP contribution in [0.4, 0.5) is 14.5 Å². The average Bonchev–Trinajstić information content (AvgIpc) is 2.01. The molecule has 14 heavy (non-hydrogen) atoms. The Hall–Kier alpha value is -1.65. The Morgan fingerprint density at radius 1 is 1.50 bits per heavy atom. The van der Waals surface area contributed by atoms with Crippen LogP contribution in [-0.4, -0.2) is 10.9 Å². The molecule has 0 aliphatic carbocycles. The van der Waals surface area contributed by atoms with Crippen LogP contribution in [0.1, 0.15) is 29.3 Å². The van der Waals surface area contributed by atoms with Crippen molar-refractivity contribution >= 4 is 11.5 Å². The first kappa shape index (κ1) is 10.4. The Bertz CT molecular complexity index is 354. The first-order valence-electron chi connectivity index (χ1n) is 3.85. The van der Waals surface area contributed by atoms with Crippen molar-refractivity contribution < 1.29 is 18.7 Å². The first-order chi connectivity index (χ1) is 6.43. The zero-order valence-electron chi connectivity index (χ0n) is 7.42. The molecule has 0 saturated heterocycles. The van der Waals surface area contributed by atoms with Gasteiger partial charge in [-0.3, -0.25) is 4.79 Å². The van der Waals surface area contributed by atoms with Gasteiger partial charge in [0.25, 0.3) is 6.43 Å². The van der Waals surface area contributed by atoms with Gasteiger partial charge in [0.1, 0.15) is 5.75 Å². The van der Waals surface area contributed by atoms with Crippen molar-refractivity contribution in [2.45, 2.75) is 13.3 Å². The lowest BCUT2D eigenvalue weighted by molar-refractivity contribution is 0.101. The van der Waals surface area contributed by atoms with Gasteiger partial charge in [0.2, 0.25) is 0 Å².